The van der Waals surface area contributed by atoms with Crippen LogP contribution in [0.25, 0.3) is 0 Å². The highest BCUT2D eigenvalue weighted by Crippen LogP contribution is 2.23. The van der Waals surface area contributed by atoms with Crippen LogP contribution in [0.2, 0.25) is 0 Å². The zero-order chi connectivity index (χ0) is 17.9. The molecule has 1 amide bonds. The lowest BCUT2D eigenvalue weighted by molar-refractivity contribution is -0.114. The van der Waals surface area contributed by atoms with Crippen molar-refractivity contribution in [3.63, 3.8) is 0 Å². The van der Waals surface area contributed by atoms with Crippen LogP contribution in [-0.2, 0) is 14.9 Å². The molecule has 2 aromatic rings. The molecular formula is C17H21N3O4. The lowest BCUT2D eigenvalue weighted by Crippen LogP contribution is -2.14. The van der Waals surface area contributed by atoms with E-state index >= 15 is 0 Å². The van der Waals surface area contributed by atoms with Gasteiger partial charge >= 0.3 is 5.97 Å². The number of aromatic nitrogens is 2. The first-order chi connectivity index (χ1) is 11.2. The van der Waals surface area contributed by atoms with E-state index in [2.05, 4.69) is 15.5 Å². The van der Waals surface area contributed by atoms with Gasteiger partial charge in [-0.15, -0.1) is 0 Å². The number of hydrogen-bond donors (Lipinski definition) is 1. The van der Waals surface area contributed by atoms with Crippen LogP contribution >= 0.6 is 0 Å². The van der Waals surface area contributed by atoms with Crippen molar-refractivity contribution in [3.05, 3.63) is 41.5 Å². The molecule has 1 aromatic heterocycles. The molecule has 0 saturated carbocycles. The van der Waals surface area contributed by atoms with Gasteiger partial charge in [-0.2, -0.15) is 4.98 Å². The van der Waals surface area contributed by atoms with Crippen LogP contribution in [0.3, 0.4) is 0 Å². The van der Waals surface area contributed by atoms with E-state index in [1.807, 2.05) is 20.8 Å². The molecule has 0 bridgehead atoms. The number of anilines is 1. The summed E-state index contributed by atoms with van der Waals surface area (Å²) in [7, 11) is 0. The number of rotatable bonds is 4. The van der Waals surface area contributed by atoms with Gasteiger partial charge < -0.3 is 14.6 Å². The highest BCUT2D eigenvalue weighted by molar-refractivity contribution is 5.93. The van der Waals surface area contributed by atoms with Crippen molar-refractivity contribution < 1.29 is 18.8 Å². The van der Waals surface area contributed by atoms with Gasteiger partial charge in [0, 0.05) is 18.0 Å². The molecule has 0 unspecified atom stereocenters. The van der Waals surface area contributed by atoms with Crippen LogP contribution in [0, 0.1) is 0 Å². The first kappa shape index (κ1) is 17.7. The second kappa shape index (κ2) is 6.82. The quantitative estimate of drug-likeness (QED) is 0.864. The van der Waals surface area contributed by atoms with E-state index in [9.17, 15) is 9.59 Å². The Hall–Kier alpha value is -2.70. The van der Waals surface area contributed by atoms with Crippen molar-refractivity contribution in [2.24, 2.45) is 0 Å². The third kappa shape index (κ3) is 4.41. The van der Waals surface area contributed by atoms with Gasteiger partial charge in [0.05, 0.1) is 5.56 Å². The number of benzene rings is 1. The fraction of sp³-hybridized carbons (Fsp3) is 0.412. The molecule has 0 aliphatic rings. The maximum absolute atomic E-state index is 12.2. The normalized spacial score (nSPS) is 12.5. The van der Waals surface area contributed by atoms with Crippen LogP contribution < -0.4 is 5.32 Å². The molecule has 1 heterocycles. The number of nitrogens with zero attached hydrogens (tertiary/aromatic N) is 2. The van der Waals surface area contributed by atoms with Crippen LogP contribution in [0.4, 0.5) is 5.69 Å². The van der Waals surface area contributed by atoms with Crippen LogP contribution in [0.1, 0.15) is 62.8 Å². The van der Waals surface area contributed by atoms with Gasteiger partial charge in [-0.3, -0.25) is 4.79 Å². The Kier molecular flexibility index (Phi) is 5.02. The number of amides is 1. The highest BCUT2D eigenvalue weighted by Gasteiger charge is 2.25. The predicted molar refractivity (Wildman–Crippen MR) is 87.6 cm³/mol. The molecule has 1 aromatic carbocycles. The number of hydrogen-bond acceptors (Lipinski definition) is 6. The third-order valence-electron chi connectivity index (χ3n) is 3.16. The summed E-state index contributed by atoms with van der Waals surface area (Å²) in [6, 6.07) is 6.51. The van der Waals surface area contributed by atoms with Gasteiger partial charge in [0.2, 0.25) is 5.91 Å². The zero-order valence-electron chi connectivity index (χ0n) is 14.4. The molecule has 1 N–H and O–H groups in total. The first-order valence-electron chi connectivity index (χ1n) is 7.59. The standard InChI is InChI=1S/C17H21N3O4/c1-10(14-19-16(20-24-14)17(3,4)5)23-15(22)12-7-6-8-13(9-12)18-11(2)21/h6-10H,1-5H3,(H,18,21)/t10-/m0/s1. The Labute approximate surface area is 140 Å². The minimum Gasteiger partial charge on any atom is -0.449 e. The molecule has 2 rings (SSSR count). The maximum atomic E-state index is 12.2. The second-order valence-corrected chi connectivity index (χ2v) is 6.52. The van der Waals surface area contributed by atoms with Crippen molar-refractivity contribution >= 4 is 17.6 Å². The summed E-state index contributed by atoms with van der Waals surface area (Å²) in [6.45, 7) is 8.95. The summed E-state index contributed by atoms with van der Waals surface area (Å²) in [5.41, 5.74) is 0.596. The van der Waals surface area contributed by atoms with Gasteiger partial charge in [-0.25, -0.2) is 4.79 Å². The Morgan fingerprint density at radius 1 is 1.29 bits per heavy atom. The molecule has 1 atom stereocenters. The molecule has 128 valence electrons. The molecule has 0 fully saturated rings. The SMILES string of the molecule is CC(=O)Nc1cccc(C(=O)O[C@@H](C)c2nc(C(C)(C)C)no2)c1. The molecule has 7 nitrogen and oxygen atoms in total. The molecule has 0 aliphatic heterocycles. The van der Waals surface area contributed by atoms with E-state index in [1.165, 1.54) is 6.92 Å². The van der Waals surface area contributed by atoms with Gasteiger partial charge in [-0.1, -0.05) is 32.0 Å². The van der Waals surface area contributed by atoms with E-state index < -0.39 is 12.1 Å². The molecule has 0 saturated heterocycles. The van der Waals surface area contributed by atoms with Crippen molar-refractivity contribution in [3.8, 4) is 0 Å². The number of carbonyl (C=O) groups excluding carboxylic acids is 2. The van der Waals surface area contributed by atoms with Gasteiger partial charge in [0.1, 0.15) is 0 Å². The number of ether oxygens (including phenoxy) is 1. The van der Waals surface area contributed by atoms with Gasteiger partial charge in [-0.05, 0) is 25.1 Å². The van der Waals surface area contributed by atoms with Gasteiger partial charge in [0.25, 0.3) is 5.89 Å². The fourth-order valence-electron chi connectivity index (χ4n) is 1.91. The summed E-state index contributed by atoms with van der Waals surface area (Å²) in [6.07, 6.45) is -0.675. The van der Waals surface area contributed by atoms with E-state index in [1.54, 1.807) is 31.2 Å². The molecule has 24 heavy (non-hydrogen) atoms. The molecular weight excluding hydrogens is 310 g/mol. The minimum atomic E-state index is -0.675. The summed E-state index contributed by atoms with van der Waals surface area (Å²) in [5.74, 6) is 0.0408. The molecule has 7 heteroatoms. The zero-order valence-corrected chi connectivity index (χ0v) is 14.4. The van der Waals surface area contributed by atoms with Gasteiger partial charge in [0.15, 0.2) is 11.9 Å². The average molecular weight is 331 g/mol. The topological polar surface area (TPSA) is 94.3 Å². The minimum absolute atomic E-state index is 0.213. The van der Waals surface area contributed by atoms with E-state index in [-0.39, 0.29) is 17.2 Å². The third-order valence-corrected chi connectivity index (χ3v) is 3.16. The Morgan fingerprint density at radius 2 is 2.00 bits per heavy atom. The molecule has 0 radical (unpaired) electrons. The number of carbonyl (C=O) groups is 2. The lowest BCUT2D eigenvalue weighted by atomic mass is 9.96. The highest BCUT2D eigenvalue weighted by atomic mass is 16.6. The van der Waals surface area contributed by atoms with Crippen LogP contribution in [-0.4, -0.2) is 22.0 Å². The molecule has 0 spiro atoms. The number of nitrogens with one attached hydrogen (secondary N) is 1. The number of esters is 1. The lowest BCUT2D eigenvalue weighted by Gasteiger charge is -2.12. The second-order valence-electron chi connectivity index (χ2n) is 6.52. The monoisotopic (exact) mass is 331 g/mol. The predicted octanol–water partition coefficient (Wildman–Crippen LogP) is 3.24. The maximum Gasteiger partial charge on any atom is 0.338 e. The smallest absolute Gasteiger partial charge is 0.338 e. The summed E-state index contributed by atoms with van der Waals surface area (Å²) < 4.78 is 10.5. The molecule has 0 aliphatic carbocycles. The Morgan fingerprint density at radius 3 is 2.58 bits per heavy atom. The van der Waals surface area contributed by atoms with Crippen molar-refractivity contribution in [1.29, 1.82) is 0 Å². The Balaban J connectivity index is 2.09. The average Bonchev–Trinajstić information content (AvgIpc) is 2.96. The summed E-state index contributed by atoms with van der Waals surface area (Å²) in [4.78, 5) is 27.6. The van der Waals surface area contributed by atoms with Crippen LogP contribution in [0.5, 0.6) is 0 Å². The van der Waals surface area contributed by atoms with E-state index in [4.69, 9.17) is 9.26 Å². The van der Waals surface area contributed by atoms with E-state index in [0.29, 0.717) is 17.1 Å². The van der Waals surface area contributed by atoms with E-state index in [0.717, 1.165) is 0 Å². The first-order valence-corrected chi connectivity index (χ1v) is 7.59. The summed E-state index contributed by atoms with van der Waals surface area (Å²) >= 11 is 0. The Bertz CT molecular complexity index is 746. The van der Waals surface area contributed by atoms with Crippen molar-refractivity contribution in [2.45, 2.75) is 46.1 Å². The van der Waals surface area contributed by atoms with Crippen LogP contribution in [0.15, 0.2) is 28.8 Å². The van der Waals surface area contributed by atoms with Crippen molar-refractivity contribution in [2.75, 3.05) is 5.32 Å². The summed E-state index contributed by atoms with van der Waals surface area (Å²) in [5, 5.41) is 6.53. The fourth-order valence-corrected chi connectivity index (χ4v) is 1.91. The van der Waals surface area contributed by atoms with Crippen molar-refractivity contribution in [1.82, 2.24) is 10.1 Å². The largest absolute Gasteiger partial charge is 0.449 e.